The molecule has 0 spiro atoms. The number of piperazine rings is 1. The predicted molar refractivity (Wildman–Crippen MR) is 92.5 cm³/mol. The summed E-state index contributed by atoms with van der Waals surface area (Å²) in [7, 11) is -1.73. The van der Waals surface area contributed by atoms with Crippen molar-refractivity contribution in [3.05, 3.63) is 23.7 Å². The van der Waals surface area contributed by atoms with Gasteiger partial charge in [-0.3, -0.25) is 10.00 Å². The van der Waals surface area contributed by atoms with Crippen LogP contribution < -0.4 is 0 Å². The summed E-state index contributed by atoms with van der Waals surface area (Å²) in [6.07, 6.45) is 1.57. The Balaban J connectivity index is 1.61. The first kappa shape index (κ1) is 18.0. The molecule has 3 heterocycles. The number of rotatable bonds is 5. The largest absolute Gasteiger partial charge is 0.337 e. The van der Waals surface area contributed by atoms with Crippen molar-refractivity contribution in [3.63, 3.8) is 0 Å². The van der Waals surface area contributed by atoms with Crippen molar-refractivity contribution in [2.75, 3.05) is 26.2 Å². The highest BCUT2D eigenvalue weighted by molar-refractivity contribution is 7.89. The van der Waals surface area contributed by atoms with Crippen molar-refractivity contribution >= 4 is 10.0 Å². The van der Waals surface area contributed by atoms with E-state index in [1.807, 2.05) is 0 Å². The number of nitrogens with zero attached hydrogens (tertiary/aromatic N) is 6. The van der Waals surface area contributed by atoms with Gasteiger partial charge in [0.05, 0.1) is 6.54 Å². The molecular formula is C15H25N7O2S. The molecule has 3 rings (SSSR count). The standard InChI is InChI=1S/C15H25N7O2S/c1-11(2)15-17-13(18-19-15)9-21-5-7-22(8-6-21)25(23,24)14-10-20(4)12(3)16-14/h10-11H,5-9H2,1-4H3,(H,17,18,19). The molecule has 25 heavy (non-hydrogen) atoms. The summed E-state index contributed by atoms with van der Waals surface area (Å²) in [5.74, 6) is 2.60. The van der Waals surface area contributed by atoms with Gasteiger partial charge in [-0.25, -0.2) is 18.4 Å². The molecule has 0 atom stereocenters. The second-order valence-corrected chi connectivity index (χ2v) is 8.60. The highest BCUT2D eigenvalue weighted by Crippen LogP contribution is 2.17. The van der Waals surface area contributed by atoms with Crippen LogP contribution in [0.1, 0.15) is 37.2 Å². The van der Waals surface area contributed by atoms with Crippen LogP contribution in [0, 0.1) is 6.92 Å². The minimum absolute atomic E-state index is 0.123. The first-order chi connectivity index (χ1) is 11.8. The number of nitrogens with one attached hydrogen (secondary N) is 1. The van der Waals surface area contributed by atoms with Crippen LogP contribution in [0.5, 0.6) is 0 Å². The fourth-order valence-corrected chi connectivity index (χ4v) is 4.21. The minimum atomic E-state index is -3.53. The second-order valence-electron chi connectivity index (χ2n) is 6.71. The zero-order valence-electron chi connectivity index (χ0n) is 15.1. The van der Waals surface area contributed by atoms with E-state index in [4.69, 9.17) is 0 Å². The highest BCUT2D eigenvalue weighted by atomic mass is 32.2. The molecule has 138 valence electrons. The van der Waals surface area contributed by atoms with Crippen molar-refractivity contribution in [1.82, 2.24) is 33.9 Å². The first-order valence-electron chi connectivity index (χ1n) is 8.41. The Morgan fingerprint density at radius 3 is 2.40 bits per heavy atom. The van der Waals surface area contributed by atoms with Crippen LogP contribution in [-0.2, 0) is 23.6 Å². The van der Waals surface area contributed by atoms with Gasteiger partial charge in [0.2, 0.25) is 0 Å². The summed E-state index contributed by atoms with van der Waals surface area (Å²) < 4.78 is 28.6. The van der Waals surface area contributed by atoms with Gasteiger partial charge in [-0.2, -0.15) is 9.40 Å². The lowest BCUT2D eigenvalue weighted by Crippen LogP contribution is -2.48. The molecule has 0 bridgehead atoms. The van der Waals surface area contributed by atoms with Crippen LogP contribution in [0.15, 0.2) is 11.2 Å². The number of aryl methyl sites for hydroxylation is 2. The lowest BCUT2D eigenvalue weighted by molar-refractivity contribution is 0.178. The third-order valence-corrected chi connectivity index (χ3v) is 6.23. The maximum Gasteiger partial charge on any atom is 0.262 e. The average molecular weight is 367 g/mol. The van der Waals surface area contributed by atoms with E-state index >= 15 is 0 Å². The van der Waals surface area contributed by atoms with Crippen molar-refractivity contribution in [1.29, 1.82) is 0 Å². The number of hydrogen-bond acceptors (Lipinski definition) is 6. The molecule has 1 N–H and O–H groups in total. The van der Waals surface area contributed by atoms with Gasteiger partial charge in [-0.05, 0) is 6.92 Å². The maximum atomic E-state index is 12.7. The van der Waals surface area contributed by atoms with Gasteiger partial charge >= 0.3 is 0 Å². The molecule has 1 aliphatic rings. The molecule has 2 aromatic rings. The molecule has 0 aliphatic carbocycles. The number of sulfonamides is 1. The van der Waals surface area contributed by atoms with Crippen LogP contribution in [0.2, 0.25) is 0 Å². The summed E-state index contributed by atoms with van der Waals surface area (Å²) in [5, 5.41) is 7.29. The lowest BCUT2D eigenvalue weighted by atomic mass is 10.2. The van der Waals surface area contributed by atoms with E-state index in [9.17, 15) is 8.42 Å². The third kappa shape index (κ3) is 3.75. The summed E-state index contributed by atoms with van der Waals surface area (Å²) >= 11 is 0. The average Bonchev–Trinajstić information content (AvgIpc) is 3.16. The molecule has 2 aromatic heterocycles. The van der Waals surface area contributed by atoms with Gasteiger partial charge in [0, 0.05) is 45.3 Å². The van der Waals surface area contributed by atoms with Crippen molar-refractivity contribution in [3.8, 4) is 0 Å². The molecule has 10 heteroatoms. The normalized spacial score (nSPS) is 17.5. The third-order valence-electron chi connectivity index (χ3n) is 4.46. The van der Waals surface area contributed by atoms with Gasteiger partial charge in [-0.1, -0.05) is 13.8 Å². The zero-order chi connectivity index (χ0) is 18.2. The van der Waals surface area contributed by atoms with E-state index in [2.05, 4.69) is 38.9 Å². The van der Waals surface area contributed by atoms with Crippen LogP contribution in [0.3, 0.4) is 0 Å². The molecule has 0 aromatic carbocycles. The smallest absolute Gasteiger partial charge is 0.262 e. The fourth-order valence-electron chi connectivity index (χ4n) is 2.76. The molecule has 1 saturated heterocycles. The molecule has 1 aliphatic heterocycles. The number of H-pyrrole nitrogens is 1. The number of hydrogen-bond donors (Lipinski definition) is 1. The quantitative estimate of drug-likeness (QED) is 0.825. The van der Waals surface area contributed by atoms with E-state index in [-0.39, 0.29) is 10.9 Å². The summed E-state index contributed by atoms with van der Waals surface area (Å²) in [5.41, 5.74) is 0. The molecular weight excluding hydrogens is 342 g/mol. The Morgan fingerprint density at radius 1 is 1.20 bits per heavy atom. The maximum absolute atomic E-state index is 12.7. The Kier molecular flexibility index (Phi) is 4.94. The first-order valence-corrected chi connectivity index (χ1v) is 9.85. The molecule has 0 unspecified atom stereocenters. The van der Waals surface area contributed by atoms with Crippen LogP contribution in [0.25, 0.3) is 0 Å². The van der Waals surface area contributed by atoms with Crippen LogP contribution >= 0.6 is 0 Å². The topological polar surface area (TPSA) is 100 Å². The number of imidazole rings is 1. The van der Waals surface area contributed by atoms with Gasteiger partial charge in [-0.15, -0.1) is 0 Å². The predicted octanol–water partition coefficient (Wildman–Crippen LogP) is 0.477. The van der Waals surface area contributed by atoms with Crippen LogP contribution in [-0.4, -0.2) is 68.5 Å². The van der Waals surface area contributed by atoms with E-state index in [1.165, 1.54) is 4.31 Å². The van der Waals surface area contributed by atoms with Gasteiger partial charge in [0.1, 0.15) is 11.6 Å². The molecule has 0 saturated carbocycles. The molecule has 0 amide bonds. The van der Waals surface area contributed by atoms with E-state index in [1.54, 1.807) is 24.7 Å². The Morgan fingerprint density at radius 2 is 1.88 bits per heavy atom. The SMILES string of the molecule is Cc1nc(S(=O)(=O)N2CCN(Cc3nc(C(C)C)n[nH]3)CC2)cn1C. The molecule has 9 nitrogen and oxygen atoms in total. The lowest BCUT2D eigenvalue weighted by Gasteiger charge is -2.32. The van der Waals surface area contributed by atoms with Crippen molar-refractivity contribution < 1.29 is 8.42 Å². The van der Waals surface area contributed by atoms with Crippen molar-refractivity contribution in [2.45, 2.75) is 38.3 Å². The van der Waals surface area contributed by atoms with Gasteiger partial charge < -0.3 is 4.57 Å². The van der Waals surface area contributed by atoms with Crippen LogP contribution in [0.4, 0.5) is 0 Å². The monoisotopic (exact) mass is 367 g/mol. The number of aromatic nitrogens is 5. The Hall–Kier alpha value is -1.78. The van der Waals surface area contributed by atoms with E-state index in [0.717, 1.165) is 11.6 Å². The Bertz CT molecular complexity index is 812. The summed E-state index contributed by atoms with van der Waals surface area (Å²) in [4.78, 5) is 10.8. The van der Waals surface area contributed by atoms with E-state index < -0.39 is 10.0 Å². The zero-order valence-corrected chi connectivity index (χ0v) is 15.9. The summed E-state index contributed by atoms with van der Waals surface area (Å²) in [6, 6.07) is 0. The van der Waals surface area contributed by atoms with Gasteiger partial charge in [0.25, 0.3) is 10.0 Å². The Labute approximate surface area is 148 Å². The molecule has 1 fully saturated rings. The molecule has 0 radical (unpaired) electrons. The van der Waals surface area contributed by atoms with Gasteiger partial charge in [0.15, 0.2) is 10.9 Å². The number of aromatic amines is 1. The fraction of sp³-hybridized carbons (Fsp3) is 0.667. The van der Waals surface area contributed by atoms with Crippen molar-refractivity contribution in [2.24, 2.45) is 7.05 Å². The van der Waals surface area contributed by atoms with E-state index in [0.29, 0.717) is 38.5 Å². The summed E-state index contributed by atoms with van der Waals surface area (Å²) in [6.45, 7) is 8.75. The minimum Gasteiger partial charge on any atom is -0.337 e. The second kappa shape index (κ2) is 6.85. The highest BCUT2D eigenvalue weighted by Gasteiger charge is 2.30.